The van der Waals surface area contributed by atoms with Gasteiger partial charge in [-0.25, -0.2) is 4.98 Å². The highest BCUT2D eigenvalue weighted by atomic mass is 16.2. The van der Waals surface area contributed by atoms with Gasteiger partial charge in [-0.15, -0.1) is 5.10 Å². The quantitative estimate of drug-likeness (QED) is 0.747. The van der Waals surface area contributed by atoms with Crippen molar-refractivity contribution in [1.29, 1.82) is 0 Å². The smallest absolute Gasteiger partial charge is 0.291 e. The number of H-pyrrole nitrogens is 1. The molecule has 1 heterocycles. The minimum absolute atomic E-state index is 0.0565. The van der Waals surface area contributed by atoms with Crippen molar-refractivity contribution in [2.45, 2.75) is 58.0 Å². The lowest BCUT2D eigenvalue weighted by molar-refractivity contribution is -0.122. The molecule has 0 bridgehead atoms. The molecule has 0 aromatic carbocycles. The monoisotopic (exact) mass is 279 g/mol. The molecule has 1 aliphatic rings. The standard InChI is InChI=1S/C13H21N5O2/c1-7(10(19)15-8-5-6-8)14-11(20)9-16-12(18-17-9)13(2,3)4/h7-8H,5-6H2,1-4H3,(H,14,20)(H,15,19)(H,16,17,18). The molecule has 0 radical (unpaired) electrons. The third-order valence-electron chi connectivity index (χ3n) is 3.06. The molecule has 2 rings (SSSR count). The zero-order valence-electron chi connectivity index (χ0n) is 12.3. The molecule has 1 aromatic rings. The molecule has 1 unspecified atom stereocenters. The van der Waals surface area contributed by atoms with Crippen molar-refractivity contribution in [1.82, 2.24) is 25.8 Å². The Balaban J connectivity index is 1.93. The van der Waals surface area contributed by atoms with Crippen molar-refractivity contribution < 1.29 is 9.59 Å². The van der Waals surface area contributed by atoms with E-state index in [1.807, 2.05) is 20.8 Å². The van der Waals surface area contributed by atoms with Gasteiger partial charge in [0.05, 0.1) is 0 Å². The van der Waals surface area contributed by atoms with E-state index in [2.05, 4.69) is 25.8 Å². The van der Waals surface area contributed by atoms with E-state index in [4.69, 9.17) is 0 Å². The van der Waals surface area contributed by atoms with Crippen molar-refractivity contribution in [2.24, 2.45) is 0 Å². The number of nitrogens with one attached hydrogen (secondary N) is 3. The Bertz CT molecular complexity index is 513. The molecule has 0 saturated heterocycles. The van der Waals surface area contributed by atoms with Gasteiger partial charge in [-0.3, -0.25) is 14.7 Å². The van der Waals surface area contributed by atoms with Crippen LogP contribution in [0.4, 0.5) is 0 Å². The average molecular weight is 279 g/mol. The summed E-state index contributed by atoms with van der Waals surface area (Å²) in [5.74, 6) is 0.0707. The molecule has 0 aliphatic heterocycles. The van der Waals surface area contributed by atoms with Crippen molar-refractivity contribution in [3.05, 3.63) is 11.6 Å². The number of hydrogen-bond acceptors (Lipinski definition) is 4. The van der Waals surface area contributed by atoms with Gasteiger partial charge in [0.25, 0.3) is 5.91 Å². The Morgan fingerprint density at radius 1 is 1.35 bits per heavy atom. The molecule has 1 atom stereocenters. The normalized spacial score (nSPS) is 16.6. The van der Waals surface area contributed by atoms with Gasteiger partial charge in [-0.05, 0) is 19.8 Å². The van der Waals surface area contributed by atoms with E-state index in [-0.39, 0.29) is 23.2 Å². The van der Waals surface area contributed by atoms with Crippen LogP contribution in [0.15, 0.2) is 0 Å². The molecule has 110 valence electrons. The molecule has 0 spiro atoms. The number of rotatable bonds is 4. The van der Waals surface area contributed by atoms with Crippen LogP contribution in [-0.4, -0.2) is 39.1 Å². The van der Waals surface area contributed by atoms with Crippen LogP contribution < -0.4 is 10.6 Å². The minimum atomic E-state index is -0.598. The van der Waals surface area contributed by atoms with Crippen molar-refractivity contribution >= 4 is 11.8 Å². The maximum atomic E-state index is 12.0. The minimum Gasteiger partial charge on any atom is -0.352 e. The third kappa shape index (κ3) is 3.55. The summed E-state index contributed by atoms with van der Waals surface area (Å²) < 4.78 is 0. The lowest BCUT2D eigenvalue weighted by Crippen LogP contribution is -2.45. The van der Waals surface area contributed by atoms with E-state index in [9.17, 15) is 9.59 Å². The van der Waals surface area contributed by atoms with E-state index in [1.54, 1.807) is 6.92 Å². The molecule has 1 saturated carbocycles. The topological polar surface area (TPSA) is 99.8 Å². The fraction of sp³-hybridized carbons (Fsp3) is 0.692. The largest absolute Gasteiger partial charge is 0.352 e. The SMILES string of the molecule is CC(NC(=O)c1n[nH]c(C(C)(C)C)n1)C(=O)NC1CC1. The number of aromatic amines is 1. The molecular weight excluding hydrogens is 258 g/mol. The lowest BCUT2D eigenvalue weighted by Gasteiger charge is -2.13. The Hall–Kier alpha value is -1.92. The molecular formula is C13H21N5O2. The van der Waals surface area contributed by atoms with Gasteiger partial charge in [0.15, 0.2) is 0 Å². The van der Waals surface area contributed by atoms with Gasteiger partial charge >= 0.3 is 0 Å². The predicted octanol–water partition coefficient (Wildman–Crippen LogP) is 0.499. The van der Waals surface area contributed by atoms with Crippen LogP contribution in [0.3, 0.4) is 0 Å². The molecule has 1 aromatic heterocycles. The summed E-state index contributed by atoms with van der Waals surface area (Å²) in [5, 5.41) is 12.1. The van der Waals surface area contributed by atoms with E-state index in [1.165, 1.54) is 0 Å². The molecule has 1 fully saturated rings. The number of hydrogen-bond donors (Lipinski definition) is 3. The predicted molar refractivity (Wildman–Crippen MR) is 73.2 cm³/mol. The fourth-order valence-electron chi connectivity index (χ4n) is 1.58. The third-order valence-corrected chi connectivity index (χ3v) is 3.06. The highest BCUT2D eigenvalue weighted by molar-refractivity contribution is 5.94. The summed E-state index contributed by atoms with van der Waals surface area (Å²) in [6, 6.07) is -0.322. The van der Waals surface area contributed by atoms with Crippen LogP contribution in [0.2, 0.25) is 0 Å². The maximum Gasteiger partial charge on any atom is 0.291 e. The van der Waals surface area contributed by atoms with Gasteiger partial charge in [0.1, 0.15) is 11.9 Å². The fourth-order valence-corrected chi connectivity index (χ4v) is 1.58. The summed E-state index contributed by atoms with van der Waals surface area (Å²) in [5.41, 5.74) is -0.208. The highest BCUT2D eigenvalue weighted by Crippen LogP contribution is 2.19. The van der Waals surface area contributed by atoms with Gasteiger partial charge in [0, 0.05) is 11.5 Å². The summed E-state index contributed by atoms with van der Waals surface area (Å²) >= 11 is 0. The van der Waals surface area contributed by atoms with Gasteiger partial charge in [-0.1, -0.05) is 20.8 Å². The first kappa shape index (κ1) is 14.5. The Morgan fingerprint density at radius 3 is 2.50 bits per heavy atom. The first-order valence-corrected chi connectivity index (χ1v) is 6.81. The molecule has 3 N–H and O–H groups in total. The second kappa shape index (κ2) is 5.22. The van der Waals surface area contributed by atoms with Crippen molar-refractivity contribution in [2.75, 3.05) is 0 Å². The van der Waals surface area contributed by atoms with Crippen LogP contribution >= 0.6 is 0 Å². The average Bonchev–Trinajstić information content (AvgIpc) is 3.00. The molecule has 20 heavy (non-hydrogen) atoms. The number of carbonyl (C=O) groups is 2. The summed E-state index contributed by atoms with van der Waals surface area (Å²) in [7, 11) is 0. The summed E-state index contributed by atoms with van der Waals surface area (Å²) in [4.78, 5) is 27.9. The Labute approximate surface area is 117 Å². The zero-order valence-corrected chi connectivity index (χ0v) is 12.3. The Kier molecular flexibility index (Phi) is 3.78. The lowest BCUT2D eigenvalue weighted by atomic mass is 9.96. The maximum absolute atomic E-state index is 12.0. The summed E-state index contributed by atoms with van der Waals surface area (Å²) in [6.45, 7) is 7.57. The number of nitrogens with zero attached hydrogens (tertiary/aromatic N) is 2. The van der Waals surface area contributed by atoms with Crippen LogP contribution in [0.25, 0.3) is 0 Å². The van der Waals surface area contributed by atoms with Crippen LogP contribution in [-0.2, 0) is 10.2 Å². The first-order chi connectivity index (χ1) is 9.27. The van der Waals surface area contributed by atoms with Crippen molar-refractivity contribution in [3.8, 4) is 0 Å². The molecule has 7 nitrogen and oxygen atoms in total. The number of aromatic nitrogens is 3. The van der Waals surface area contributed by atoms with Gasteiger partial charge < -0.3 is 10.6 Å². The Morgan fingerprint density at radius 2 is 2.00 bits per heavy atom. The summed E-state index contributed by atoms with van der Waals surface area (Å²) in [6.07, 6.45) is 2.03. The number of carbonyl (C=O) groups excluding carboxylic acids is 2. The zero-order chi connectivity index (χ0) is 14.9. The van der Waals surface area contributed by atoms with Gasteiger partial charge in [0.2, 0.25) is 11.7 Å². The second-order valence-electron chi connectivity index (χ2n) is 6.24. The molecule has 2 amide bonds. The van der Waals surface area contributed by atoms with E-state index in [0.29, 0.717) is 5.82 Å². The molecule has 7 heteroatoms. The van der Waals surface area contributed by atoms with Crippen molar-refractivity contribution in [3.63, 3.8) is 0 Å². The highest BCUT2D eigenvalue weighted by Gasteiger charge is 2.27. The van der Waals surface area contributed by atoms with Crippen LogP contribution in [0.5, 0.6) is 0 Å². The number of amides is 2. The van der Waals surface area contributed by atoms with Crippen LogP contribution in [0.1, 0.15) is 57.0 Å². The van der Waals surface area contributed by atoms with Gasteiger partial charge in [-0.2, -0.15) is 0 Å². The first-order valence-electron chi connectivity index (χ1n) is 6.81. The van der Waals surface area contributed by atoms with E-state index in [0.717, 1.165) is 12.8 Å². The molecule has 1 aliphatic carbocycles. The second-order valence-corrected chi connectivity index (χ2v) is 6.24. The van der Waals surface area contributed by atoms with E-state index < -0.39 is 11.9 Å². The van der Waals surface area contributed by atoms with E-state index >= 15 is 0 Å². The van der Waals surface area contributed by atoms with Crippen LogP contribution in [0, 0.1) is 0 Å².